The van der Waals surface area contributed by atoms with Crippen molar-refractivity contribution in [1.82, 2.24) is 9.78 Å². The van der Waals surface area contributed by atoms with E-state index in [1.54, 1.807) is 36.1 Å². The third-order valence-corrected chi connectivity index (χ3v) is 4.13. The van der Waals surface area contributed by atoms with Gasteiger partial charge in [0.25, 0.3) is 0 Å². The molecule has 1 aliphatic heterocycles. The summed E-state index contributed by atoms with van der Waals surface area (Å²) in [5.41, 5.74) is 3.29. The molecule has 1 aliphatic rings. The second kappa shape index (κ2) is 6.89. The molecule has 3 aromatic rings. The lowest BCUT2D eigenvalue weighted by atomic mass is 10.2. The summed E-state index contributed by atoms with van der Waals surface area (Å²) in [5.74, 6) is 1.35. The van der Waals surface area contributed by atoms with Crippen molar-refractivity contribution in [3.05, 3.63) is 65.9 Å². The summed E-state index contributed by atoms with van der Waals surface area (Å²) in [6.07, 6.45) is 0. The number of carbonyl (C=O) groups excluding carboxylic acids is 1. The number of hydrogen-bond acceptors (Lipinski definition) is 4. The van der Waals surface area contributed by atoms with E-state index in [1.165, 1.54) is 0 Å². The minimum Gasteiger partial charge on any atom is -0.497 e. The predicted molar refractivity (Wildman–Crippen MR) is 97.7 cm³/mol. The van der Waals surface area contributed by atoms with Crippen LogP contribution in [0.4, 0.5) is 16.3 Å². The van der Waals surface area contributed by atoms with Crippen molar-refractivity contribution in [3.8, 4) is 11.4 Å². The number of carbonyl (C=O) groups is 1. The van der Waals surface area contributed by atoms with E-state index in [4.69, 9.17) is 9.47 Å². The summed E-state index contributed by atoms with van der Waals surface area (Å²) in [5, 5.41) is 10.3. The van der Waals surface area contributed by atoms with Gasteiger partial charge in [-0.3, -0.25) is 5.32 Å². The smallest absolute Gasteiger partial charge is 0.324 e. The topological polar surface area (TPSA) is 77.4 Å². The number of anilines is 2. The number of benzene rings is 2. The van der Waals surface area contributed by atoms with Crippen molar-refractivity contribution >= 4 is 17.5 Å². The van der Waals surface area contributed by atoms with Crippen LogP contribution >= 0.6 is 0 Å². The van der Waals surface area contributed by atoms with Crippen LogP contribution in [0.1, 0.15) is 11.3 Å². The number of urea groups is 1. The first-order chi connectivity index (χ1) is 12.7. The van der Waals surface area contributed by atoms with Gasteiger partial charge in [0.15, 0.2) is 0 Å². The fraction of sp³-hybridized carbons (Fsp3) is 0.158. The maximum atomic E-state index is 12.5. The van der Waals surface area contributed by atoms with Crippen LogP contribution < -0.4 is 15.4 Å². The first-order valence-electron chi connectivity index (χ1n) is 8.20. The van der Waals surface area contributed by atoms with E-state index in [0.29, 0.717) is 24.7 Å². The highest BCUT2D eigenvalue weighted by atomic mass is 16.5. The van der Waals surface area contributed by atoms with E-state index in [0.717, 1.165) is 22.7 Å². The summed E-state index contributed by atoms with van der Waals surface area (Å²) in [4.78, 5) is 12.5. The van der Waals surface area contributed by atoms with Crippen molar-refractivity contribution in [2.24, 2.45) is 0 Å². The number of ether oxygens (including phenoxy) is 2. The molecule has 2 aromatic carbocycles. The normalized spacial score (nSPS) is 12.5. The molecule has 0 bridgehead atoms. The van der Waals surface area contributed by atoms with Crippen molar-refractivity contribution in [3.63, 3.8) is 0 Å². The summed E-state index contributed by atoms with van der Waals surface area (Å²) < 4.78 is 12.3. The van der Waals surface area contributed by atoms with Crippen LogP contribution in [-0.2, 0) is 18.0 Å². The fourth-order valence-corrected chi connectivity index (χ4v) is 2.84. The first kappa shape index (κ1) is 16.2. The molecule has 0 saturated carbocycles. The summed E-state index contributed by atoms with van der Waals surface area (Å²) in [6, 6.07) is 16.5. The quantitative estimate of drug-likeness (QED) is 0.754. The lowest BCUT2D eigenvalue weighted by Crippen LogP contribution is -2.22. The highest BCUT2D eigenvalue weighted by Crippen LogP contribution is 2.29. The maximum Gasteiger partial charge on any atom is 0.324 e. The van der Waals surface area contributed by atoms with Gasteiger partial charge in [-0.25, -0.2) is 9.48 Å². The molecule has 0 atom stereocenters. The molecule has 0 saturated heterocycles. The van der Waals surface area contributed by atoms with Gasteiger partial charge in [-0.1, -0.05) is 18.2 Å². The molecule has 4 rings (SSSR count). The fourth-order valence-electron chi connectivity index (χ4n) is 2.84. The van der Waals surface area contributed by atoms with Crippen molar-refractivity contribution < 1.29 is 14.3 Å². The average molecular weight is 350 g/mol. The zero-order valence-corrected chi connectivity index (χ0v) is 14.2. The highest BCUT2D eigenvalue weighted by molar-refractivity contribution is 6.00. The molecule has 2 amide bonds. The van der Waals surface area contributed by atoms with Crippen LogP contribution in [0.15, 0.2) is 54.6 Å². The number of rotatable bonds is 4. The zero-order chi connectivity index (χ0) is 17.9. The molecule has 0 fully saturated rings. The molecule has 2 heterocycles. The molecule has 7 heteroatoms. The Morgan fingerprint density at radius 3 is 2.58 bits per heavy atom. The molecule has 1 aromatic heterocycles. The number of nitrogens with one attached hydrogen (secondary N) is 2. The van der Waals surface area contributed by atoms with Crippen LogP contribution in [-0.4, -0.2) is 22.9 Å². The van der Waals surface area contributed by atoms with E-state index in [9.17, 15) is 4.79 Å². The highest BCUT2D eigenvalue weighted by Gasteiger charge is 2.24. The first-order valence-corrected chi connectivity index (χ1v) is 8.20. The van der Waals surface area contributed by atoms with E-state index in [1.807, 2.05) is 30.3 Å². The Bertz CT molecular complexity index is 920. The monoisotopic (exact) mass is 350 g/mol. The van der Waals surface area contributed by atoms with Gasteiger partial charge >= 0.3 is 6.03 Å². The van der Waals surface area contributed by atoms with E-state index in [-0.39, 0.29) is 6.03 Å². The number of methoxy groups -OCH3 is 1. The van der Waals surface area contributed by atoms with E-state index >= 15 is 0 Å². The second-order valence-electron chi connectivity index (χ2n) is 5.82. The van der Waals surface area contributed by atoms with Gasteiger partial charge in [-0.2, -0.15) is 5.10 Å². The molecular weight excluding hydrogens is 332 g/mol. The molecule has 0 aliphatic carbocycles. The molecule has 0 radical (unpaired) electrons. The van der Waals surface area contributed by atoms with Crippen LogP contribution in [0.3, 0.4) is 0 Å². The van der Waals surface area contributed by atoms with Crippen LogP contribution in [0.5, 0.6) is 5.75 Å². The molecule has 2 N–H and O–H groups in total. The largest absolute Gasteiger partial charge is 0.497 e. The van der Waals surface area contributed by atoms with Crippen molar-refractivity contribution in [1.29, 1.82) is 0 Å². The van der Waals surface area contributed by atoms with Gasteiger partial charge in [-0.15, -0.1) is 0 Å². The Morgan fingerprint density at radius 2 is 1.85 bits per heavy atom. The van der Waals surface area contributed by atoms with Crippen LogP contribution in [0.25, 0.3) is 5.69 Å². The Labute approximate surface area is 150 Å². The van der Waals surface area contributed by atoms with Crippen LogP contribution in [0.2, 0.25) is 0 Å². The van der Waals surface area contributed by atoms with Gasteiger partial charge in [-0.05, 0) is 36.4 Å². The van der Waals surface area contributed by atoms with Gasteiger partial charge in [0, 0.05) is 11.3 Å². The Balaban J connectivity index is 1.58. The minimum absolute atomic E-state index is 0.345. The molecule has 132 valence electrons. The number of para-hydroxylation sites is 1. The van der Waals surface area contributed by atoms with E-state index < -0.39 is 0 Å². The molecular formula is C19H18N4O3. The van der Waals surface area contributed by atoms with Crippen molar-refractivity contribution in [2.75, 3.05) is 17.7 Å². The standard InChI is InChI=1S/C19H18N4O3/c1-25-15-9-7-13(8-10-15)20-19(24)21-18-16-11-26-12-17(16)22-23(18)14-5-3-2-4-6-14/h2-10H,11-12H2,1H3,(H2,20,21,24). The maximum absolute atomic E-state index is 12.5. The third kappa shape index (κ3) is 3.12. The SMILES string of the molecule is COc1ccc(NC(=O)Nc2c3c(nn2-c2ccccc2)COC3)cc1. The number of fused-ring (bicyclic) bond motifs is 1. The third-order valence-electron chi connectivity index (χ3n) is 4.13. The lowest BCUT2D eigenvalue weighted by molar-refractivity contribution is 0.131. The number of amides is 2. The Hall–Kier alpha value is -3.32. The second-order valence-corrected chi connectivity index (χ2v) is 5.82. The lowest BCUT2D eigenvalue weighted by Gasteiger charge is -2.12. The predicted octanol–water partition coefficient (Wildman–Crippen LogP) is 3.56. The molecule has 0 unspecified atom stereocenters. The number of aromatic nitrogens is 2. The average Bonchev–Trinajstić information content (AvgIpc) is 3.26. The minimum atomic E-state index is -0.345. The van der Waals surface area contributed by atoms with Crippen LogP contribution in [0, 0.1) is 0 Å². The Morgan fingerprint density at radius 1 is 1.08 bits per heavy atom. The number of hydrogen-bond donors (Lipinski definition) is 2. The van der Waals surface area contributed by atoms with Gasteiger partial charge in [0.1, 0.15) is 11.6 Å². The number of nitrogens with zero attached hydrogens (tertiary/aromatic N) is 2. The van der Waals surface area contributed by atoms with Gasteiger partial charge in [0.05, 0.1) is 31.7 Å². The van der Waals surface area contributed by atoms with Gasteiger partial charge in [0.2, 0.25) is 0 Å². The molecule has 7 nitrogen and oxygen atoms in total. The summed E-state index contributed by atoms with van der Waals surface area (Å²) >= 11 is 0. The van der Waals surface area contributed by atoms with Crippen molar-refractivity contribution in [2.45, 2.75) is 13.2 Å². The molecule has 0 spiro atoms. The summed E-state index contributed by atoms with van der Waals surface area (Å²) in [6.45, 7) is 0.879. The van der Waals surface area contributed by atoms with Gasteiger partial charge < -0.3 is 14.8 Å². The molecule has 26 heavy (non-hydrogen) atoms. The summed E-state index contributed by atoms with van der Waals surface area (Å²) in [7, 11) is 1.60. The Kier molecular flexibility index (Phi) is 4.28. The van der Waals surface area contributed by atoms with E-state index in [2.05, 4.69) is 15.7 Å². The zero-order valence-electron chi connectivity index (χ0n) is 14.2.